The lowest BCUT2D eigenvalue weighted by atomic mass is 10.1. The van der Waals surface area contributed by atoms with Crippen molar-refractivity contribution in [2.45, 2.75) is 12.6 Å². The molecule has 0 amide bonds. The molecule has 0 aliphatic rings. The van der Waals surface area contributed by atoms with Crippen molar-refractivity contribution >= 4 is 17.3 Å². The molecule has 28 heavy (non-hydrogen) atoms. The van der Waals surface area contributed by atoms with Gasteiger partial charge < -0.3 is 9.47 Å². The van der Waals surface area contributed by atoms with Crippen molar-refractivity contribution in [3.05, 3.63) is 69.5 Å². The fraction of sp³-hybridized carbons (Fsp3) is 0.200. The number of carbonyl (C=O) groups excluding carboxylic acids is 1. The minimum atomic E-state index is -4.44. The predicted molar refractivity (Wildman–Crippen MR) is 99.7 cm³/mol. The molecule has 146 valence electrons. The van der Waals surface area contributed by atoms with Crippen molar-refractivity contribution in [3.8, 4) is 17.0 Å². The van der Waals surface area contributed by atoms with Crippen LogP contribution in [0.15, 0.2) is 47.8 Å². The summed E-state index contributed by atoms with van der Waals surface area (Å²) in [7, 11) is 2.72. The van der Waals surface area contributed by atoms with Gasteiger partial charge in [-0.2, -0.15) is 13.2 Å². The molecule has 0 radical (unpaired) electrons. The first-order valence-electron chi connectivity index (χ1n) is 8.19. The smallest absolute Gasteiger partial charge is 0.416 e. The summed E-state index contributed by atoms with van der Waals surface area (Å²) in [5.74, 6) is -0.0907. The molecular formula is C20H16F3NO3S. The van der Waals surface area contributed by atoms with E-state index in [0.717, 1.165) is 22.7 Å². The number of rotatable bonds is 5. The maximum absolute atomic E-state index is 13.0. The van der Waals surface area contributed by atoms with E-state index in [-0.39, 0.29) is 0 Å². The number of hydrogen-bond donors (Lipinski definition) is 0. The molecule has 0 aliphatic heterocycles. The molecule has 3 rings (SSSR count). The number of carbonyl (C=O) groups is 1. The fourth-order valence-electron chi connectivity index (χ4n) is 2.65. The van der Waals surface area contributed by atoms with Crippen LogP contribution in [0, 0.1) is 0 Å². The van der Waals surface area contributed by atoms with E-state index < -0.39 is 17.7 Å². The monoisotopic (exact) mass is 407 g/mol. The minimum absolute atomic E-state index is 0.292. The van der Waals surface area contributed by atoms with Gasteiger partial charge in [-0.05, 0) is 35.9 Å². The normalized spacial score (nSPS) is 11.3. The van der Waals surface area contributed by atoms with Gasteiger partial charge in [-0.1, -0.05) is 12.1 Å². The summed E-state index contributed by atoms with van der Waals surface area (Å²) in [5, 5.41) is 2.44. The molecule has 3 aromatic rings. The van der Waals surface area contributed by atoms with Gasteiger partial charge in [0.1, 0.15) is 5.75 Å². The van der Waals surface area contributed by atoms with Gasteiger partial charge in [0.2, 0.25) is 0 Å². The summed E-state index contributed by atoms with van der Waals surface area (Å²) in [6.45, 7) is 0. The van der Waals surface area contributed by atoms with Crippen molar-refractivity contribution in [1.29, 1.82) is 0 Å². The zero-order valence-electron chi connectivity index (χ0n) is 15.0. The number of methoxy groups -OCH3 is 2. The lowest BCUT2D eigenvalue weighted by Gasteiger charge is -2.11. The highest BCUT2D eigenvalue weighted by atomic mass is 32.1. The highest BCUT2D eigenvalue weighted by Crippen LogP contribution is 2.37. The van der Waals surface area contributed by atoms with Gasteiger partial charge in [0, 0.05) is 17.4 Å². The van der Waals surface area contributed by atoms with Crippen molar-refractivity contribution in [3.63, 3.8) is 0 Å². The molecule has 8 heteroatoms. The summed E-state index contributed by atoms with van der Waals surface area (Å²) in [4.78, 5) is 15.9. The summed E-state index contributed by atoms with van der Waals surface area (Å²) in [6, 6.07) is 10.2. The Labute approximate surface area is 163 Å². The Balaban J connectivity index is 1.85. The average molecular weight is 407 g/mol. The number of halogens is 3. The number of benzene rings is 2. The number of nitrogens with zero attached hydrogens (tertiary/aromatic N) is 1. The topological polar surface area (TPSA) is 48.4 Å². The van der Waals surface area contributed by atoms with E-state index in [4.69, 9.17) is 4.74 Å². The molecule has 2 aromatic carbocycles. The molecule has 0 aliphatic carbocycles. The largest absolute Gasteiger partial charge is 0.496 e. The Bertz CT molecular complexity index is 981. The molecule has 1 heterocycles. The number of hydrogen-bond acceptors (Lipinski definition) is 5. The van der Waals surface area contributed by atoms with E-state index in [9.17, 15) is 18.0 Å². The van der Waals surface area contributed by atoms with E-state index in [2.05, 4.69) is 9.72 Å². The summed E-state index contributed by atoms with van der Waals surface area (Å²) in [6.07, 6.45) is -3.95. The maximum Gasteiger partial charge on any atom is 0.416 e. The molecule has 1 aromatic heterocycles. The number of alkyl halides is 3. The molecule has 0 fully saturated rings. The molecule has 0 bridgehead atoms. The predicted octanol–water partition coefficient (Wildman–Crippen LogP) is 5.21. The van der Waals surface area contributed by atoms with E-state index in [0.29, 0.717) is 29.0 Å². The number of esters is 1. The molecule has 4 nitrogen and oxygen atoms in total. The van der Waals surface area contributed by atoms with E-state index in [1.54, 1.807) is 29.6 Å². The second-order valence-corrected chi connectivity index (χ2v) is 6.85. The molecule has 0 N–H and O–H groups in total. The first-order chi connectivity index (χ1) is 13.3. The van der Waals surface area contributed by atoms with Crippen molar-refractivity contribution in [2.75, 3.05) is 14.2 Å². The third kappa shape index (κ3) is 4.33. The van der Waals surface area contributed by atoms with Gasteiger partial charge in [0.25, 0.3) is 0 Å². The van der Waals surface area contributed by atoms with Gasteiger partial charge >= 0.3 is 12.1 Å². The van der Waals surface area contributed by atoms with Crippen molar-refractivity contribution in [2.24, 2.45) is 0 Å². The van der Waals surface area contributed by atoms with Crippen molar-refractivity contribution in [1.82, 2.24) is 4.98 Å². The van der Waals surface area contributed by atoms with Crippen LogP contribution in [-0.4, -0.2) is 25.2 Å². The zero-order chi connectivity index (χ0) is 20.3. The third-order valence-corrected chi connectivity index (χ3v) is 4.93. The second-order valence-electron chi connectivity index (χ2n) is 5.90. The molecule has 0 spiro atoms. The Morgan fingerprint density at radius 2 is 1.82 bits per heavy atom. The van der Waals surface area contributed by atoms with E-state index >= 15 is 0 Å². The van der Waals surface area contributed by atoms with Crippen LogP contribution in [0.2, 0.25) is 0 Å². The van der Waals surface area contributed by atoms with Gasteiger partial charge in [-0.25, -0.2) is 9.78 Å². The van der Waals surface area contributed by atoms with Gasteiger partial charge in [0.05, 0.1) is 36.0 Å². The summed E-state index contributed by atoms with van der Waals surface area (Å²) < 4.78 is 49.0. The molecule has 0 saturated carbocycles. The quantitative estimate of drug-likeness (QED) is 0.545. The van der Waals surface area contributed by atoms with Crippen LogP contribution in [0.1, 0.15) is 26.5 Å². The van der Waals surface area contributed by atoms with Crippen LogP contribution in [0.4, 0.5) is 13.2 Å². The van der Waals surface area contributed by atoms with Gasteiger partial charge in [0.15, 0.2) is 0 Å². The zero-order valence-corrected chi connectivity index (χ0v) is 15.9. The van der Waals surface area contributed by atoms with E-state index in [1.807, 2.05) is 0 Å². The molecule has 0 atom stereocenters. The Hall–Kier alpha value is -2.87. The third-order valence-electron chi connectivity index (χ3n) is 4.08. The van der Waals surface area contributed by atoms with Crippen LogP contribution in [-0.2, 0) is 17.3 Å². The number of ether oxygens (including phenoxy) is 2. The Morgan fingerprint density at radius 1 is 1.11 bits per heavy atom. The Morgan fingerprint density at radius 3 is 2.43 bits per heavy atom. The number of aromatic nitrogens is 1. The summed E-state index contributed by atoms with van der Waals surface area (Å²) >= 11 is 1.35. The first kappa shape index (κ1) is 19.9. The molecule has 0 saturated heterocycles. The minimum Gasteiger partial charge on any atom is -0.496 e. The Kier molecular flexibility index (Phi) is 5.69. The van der Waals surface area contributed by atoms with Crippen LogP contribution in [0.3, 0.4) is 0 Å². The fourth-order valence-corrected chi connectivity index (χ4v) is 3.48. The lowest BCUT2D eigenvalue weighted by Crippen LogP contribution is -2.05. The first-order valence-corrected chi connectivity index (χ1v) is 9.07. The molecule has 0 unspecified atom stereocenters. The molecular weight excluding hydrogens is 391 g/mol. The van der Waals surface area contributed by atoms with Crippen LogP contribution >= 0.6 is 11.3 Å². The number of thiazole rings is 1. The van der Waals surface area contributed by atoms with Crippen LogP contribution in [0.25, 0.3) is 11.3 Å². The maximum atomic E-state index is 13.0. The lowest BCUT2D eigenvalue weighted by molar-refractivity contribution is -0.137. The SMILES string of the molecule is COC(=O)c1ccc(Cc2nc(-c3cc(C(F)(F)F)ccc3OC)cs2)cc1. The highest BCUT2D eigenvalue weighted by Gasteiger charge is 2.31. The summed E-state index contributed by atoms with van der Waals surface area (Å²) in [5.41, 5.74) is 1.33. The van der Waals surface area contributed by atoms with Gasteiger partial charge in [-0.15, -0.1) is 11.3 Å². The van der Waals surface area contributed by atoms with Crippen LogP contribution in [0.5, 0.6) is 5.75 Å². The van der Waals surface area contributed by atoms with E-state index in [1.165, 1.54) is 31.6 Å². The highest BCUT2D eigenvalue weighted by molar-refractivity contribution is 7.10. The van der Waals surface area contributed by atoms with Crippen molar-refractivity contribution < 1.29 is 27.4 Å². The average Bonchev–Trinajstić information content (AvgIpc) is 3.15. The standard InChI is InChI=1S/C20H16F3NO3S/c1-26-17-8-7-14(20(21,22)23)10-15(17)16-11-28-18(24-16)9-12-3-5-13(6-4-12)19(25)27-2/h3-8,10-11H,9H2,1-2H3. The van der Waals surface area contributed by atoms with Crippen LogP contribution < -0.4 is 4.74 Å². The van der Waals surface area contributed by atoms with Gasteiger partial charge in [-0.3, -0.25) is 0 Å². The second kappa shape index (κ2) is 8.02.